The topological polar surface area (TPSA) is 45.9 Å². The molecule has 0 saturated carbocycles. The molecule has 1 saturated heterocycles. The van der Waals surface area contributed by atoms with E-state index in [1.54, 1.807) is 12.4 Å². The fourth-order valence-electron chi connectivity index (χ4n) is 1.27. The number of nitrogens with zero attached hydrogens (tertiary/aromatic N) is 2. The summed E-state index contributed by atoms with van der Waals surface area (Å²) in [5.41, 5.74) is 0.606. The number of nitriles is 1. The van der Waals surface area contributed by atoms with Gasteiger partial charge in [-0.05, 0) is 17.7 Å². The van der Waals surface area contributed by atoms with Crippen LogP contribution in [0.4, 0.5) is 0 Å². The van der Waals surface area contributed by atoms with Gasteiger partial charge in [0.15, 0.2) is 0 Å². The molecule has 1 aliphatic rings. The summed E-state index contributed by atoms with van der Waals surface area (Å²) in [7, 11) is 0. The van der Waals surface area contributed by atoms with E-state index in [1.165, 1.54) is 0 Å². The largest absolute Gasteiger partial charge is 0.377 e. The Morgan fingerprint density at radius 1 is 1.42 bits per heavy atom. The lowest BCUT2D eigenvalue weighted by Crippen LogP contribution is -2.45. The molecule has 2 rings (SSSR count). The molecular weight excluding hydrogens is 152 g/mol. The summed E-state index contributed by atoms with van der Waals surface area (Å²) in [5.74, 6) is 0. The van der Waals surface area contributed by atoms with Crippen LogP contribution >= 0.6 is 0 Å². The molecule has 0 aromatic carbocycles. The molecule has 1 aromatic heterocycles. The van der Waals surface area contributed by atoms with E-state index >= 15 is 0 Å². The fourth-order valence-corrected chi connectivity index (χ4v) is 1.27. The van der Waals surface area contributed by atoms with Crippen molar-refractivity contribution in [2.24, 2.45) is 0 Å². The van der Waals surface area contributed by atoms with E-state index in [9.17, 15) is 0 Å². The van der Waals surface area contributed by atoms with Crippen LogP contribution in [-0.2, 0) is 10.2 Å². The van der Waals surface area contributed by atoms with Crippen LogP contribution in [0.5, 0.6) is 0 Å². The van der Waals surface area contributed by atoms with E-state index in [2.05, 4.69) is 11.1 Å². The van der Waals surface area contributed by atoms with Crippen LogP contribution in [0.3, 0.4) is 0 Å². The molecule has 2 heterocycles. The van der Waals surface area contributed by atoms with E-state index in [0.717, 1.165) is 5.56 Å². The molecule has 1 aromatic rings. The summed E-state index contributed by atoms with van der Waals surface area (Å²) >= 11 is 0. The van der Waals surface area contributed by atoms with Crippen molar-refractivity contribution < 1.29 is 4.74 Å². The van der Waals surface area contributed by atoms with E-state index in [4.69, 9.17) is 10.00 Å². The monoisotopic (exact) mass is 160 g/mol. The first-order chi connectivity index (χ1) is 5.87. The minimum atomic E-state index is -0.400. The number of hydrogen-bond donors (Lipinski definition) is 0. The highest BCUT2D eigenvalue weighted by molar-refractivity contribution is 5.33. The van der Waals surface area contributed by atoms with Crippen molar-refractivity contribution in [1.82, 2.24) is 4.98 Å². The molecule has 0 amide bonds. The quantitative estimate of drug-likeness (QED) is 0.612. The summed E-state index contributed by atoms with van der Waals surface area (Å²) in [4.78, 5) is 3.90. The van der Waals surface area contributed by atoms with Gasteiger partial charge in [-0.25, -0.2) is 0 Å². The first kappa shape index (κ1) is 7.26. The van der Waals surface area contributed by atoms with Gasteiger partial charge in [0.05, 0.1) is 19.3 Å². The van der Waals surface area contributed by atoms with Gasteiger partial charge in [0.1, 0.15) is 5.41 Å². The van der Waals surface area contributed by atoms with Crippen LogP contribution < -0.4 is 0 Å². The predicted octanol–water partition coefficient (Wildman–Crippen LogP) is 0.873. The van der Waals surface area contributed by atoms with Crippen molar-refractivity contribution in [2.45, 2.75) is 5.41 Å². The number of rotatable bonds is 1. The van der Waals surface area contributed by atoms with Crippen molar-refractivity contribution in [3.05, 3.63) is 30.1 Å². The standard InChI is InChI=1S/C9H8N2O/c10-5-9(6-12-7-9)8-1-3-11-4-2-8/h1-4H,6-7H2. The molecule has 0 N–H and O–H groups in total. The Bertz CT molecular complexity index is 311. The van der Waals surface area contributed by atoms with Gasteiger partial charge in [-0.3, -0.25) is 4.98 Å². The molecule has 0 atom stereocenters. The highest BCUT2D eigenvalue weighted by Crippen LogP contribution is 2.30. The smallest absolute Gasteiger partial charge is 0.129 e. The molecule has 0 aliphatic carbocycles. The van der Waals surface area contributed by atoms with Crippen molar-refractivity contribution in [1.29, 1.82) is 5.26 Å². The third-order valence-corrected chi connectivity index (χ3v) is 2.14. The molecule has 60 valence electrons. The predicted molar refractivity (Wildman–Crippen MR) is 42.3 cm³/mol. The van der Waals surface area contributed by atoms with E-state index in [0.29, 0.717) is 13.2 Å². The lowest BCUT2D eigenvalue weighted by atomic mass is 9.81. The Morgan fingerprint density at radius 3 is 2.50 bits per heavy atom. The van der Waals surface area contributed by atoms with Gasteiger partial charge >= 0.3 is 0 Å². The Kier molecular flexibility index (Phi) is 1.56. The van der Waals surface area contributed by atoms with Gasteiger partial charge in [-0.2, -0.15) is 5.26 Å². The van der Waals surface area contributed by atoms with Crippen molar-refractivity contribution >= 4 is 0 Å². The average molecular weight is 160 g/mol. The maximum absolute atomic E-state index is 8.94. The SMILES string of the molecule is N#CC1(c2ccncc2)COC1. The zero-order chi connectivity index (χ0) is 8.44. The lowest BCUT2D eigenvalue weighted by molar-refractivity contribution is -0.0298. The van der Waals surface area contributed by atoms with Gasteiger partial charge in [0, 0.05) is 12.4 Å². The zero-order valence-corrected chi connectivity index (χ0v) is 6.53. The highest BCUT2D eigenvalue weighted by atomic mass is 16.5. The Labute approximate surface area is 70.6 Å². The van der Waals surface area contributed by atoms with Gasteiger partial charge in [0.25, 0.3) is 0 Å². The molecule has 0 bridgehead atoms. The number of hydrogen-bond acceptors (Lipinski definition) is 3. The Balaban J connectivity index is 2.36. The van der Waals surface area contributed by atoms with Crippen molar-refractivity contribution in [3.63, 3.8) is 0 Å². The summed E-state index contributed by atoms with van der Waals surface area (Å²) in [5, 5.41) is 8.94. The minimum absolute atomic E-state index is 0.400. The molecule has 0 unspecified atom stereocenters. The average Bonchev–Trinajstić information content (AvgIpc) is 2.05. The van der Waals surface area contributed by atoms with Gasteiger partial charge < -0.3 is 4.74 Å². The normalized spacial score (nSPS) is 19.2. The Morgan fingerprint density at radius 2 is 2.08 bits per heavy atom. The molecule has 0 radical (unpaired) electrons. The first-order valence-corrected chi connectivity index (χ1v) is 3.77. The second-order valence-electron chi connectivity index (χ2n) is 2.92. The van der Waals surface area contributed by atoms with Crippen LogP contribution in [0.25, 0.3) is 0 Å². The maximum atomic E-state index is 8.94. The molecule has 1 aliphatic heterocycles. The summed E-state index contributed by atoms with van der Waals surface area (Å²) in [6.07, 6.45) is 3.40. The van der Waals surface area contributed by atoms with E-state index < -0.39 is 5.41 Å². The zero-order valence-electron chi connectivity index (χ0n) is 6.53. The van der Waals surface area contributed by atoms with E-state index in [-0.39, 0.29) is 0 Å². The second kappa shape index (κ2) is 2.58. The number of ether oxygens (including phenoxy) is 1. The Hall–Kier alpha value is -1.40. The minimum Gasteiger partial charge on any atom is -0.377 e. The second-order valence-corrected chi connectivity index (χ2v) is 2.92. The van der Waals surface area contributed by atoms with Crippen molar-refractivity contribution in [3.8, 4) is 6.07 Å². The molecule has 3 heteroatoms. The third kappa shape index (κ3) is 0.892. The fraction of sp³-hybridized carbons (Fsp3) is 0.333. The van der Waals surface area contributed by atoms with Crippen LogP contribution in [0, 0.1) is 11.3 Å². The number of pyridine rings is 1. The molecule has 1 fully saturated rings. The van der Waals surface area contributed by atoms with Gasteiger partial charge in [-0.1, -0.05) is 0 Å². The maximum Gasteiger partial charge on any atom is 0.129 e. The van der Waals surface area contributed by atoms with Gasteiger partial charge in [-0.15, -0.1) is 0 Å². The highest BCUT2D eigenvalue weighted by Gasteiger charge is 2.40. The number of aromatic nitrogens is 1. The summed E-state index contributed by atoms with van der Waals surface area (Å²) in [6, 6.07) is 6.01. The molecule has 0 spiro atoms. The van der Waals surface area contributed by atoms with Crippen LogP contribution in [0.15, 0.2) is 24.5 Å². The third-order valence-electron chi connectivity index (χ3n) is 2.14. The summed E-state index contributed by atoms with van der Waals surface area (Å²) < 4.78 is 5.04. The molecule has 3 nitrogen and oxygen atoms in total. The van der Waals surface area contributed by atoms with Gasteiger partial charge in [0.2, 0.25) is 0 Å². The lowest BCUT2D eigenvalue weighted by Gasteiger charge is -2.35. The van der Waals surface area contributed by atoms with Crippen LogP contribution in [0.2, 0.25) is 0 Å². The van der Waals surface area contributed by atoms with E-state index in [1.807, 2.05) is 12.1 Å². The van der Waals surface area contributed by atoms with Crippen LogP contribution in [-0.4, -0.2) is 18.2 Å². The van der Waals surface area contributed by atoms with Crippen LogP contribution in [0.1, 0.15) is 5.56 Å². The summed E-state index contributed by atoms with van der Waals surface area (Å²) in [6.45, 7) is 1.01. The molecule has 12 heavy (non-hydrogen) atoms. The van der Waals surface area contributed by atoms with Crippen molar-refractivity contribution in [2.75, 3.05) is 13.2 Å². The first-order valence-electron chi connectivity index (χ1n) is 3.77. The molecular formula is C9H8N2O.